The molecule has 5 fully saturated rings. The van der Waals surface area contributed by atoms with E-state index in [4.69, 9.17) is 4.74 Å². The SMILES string of the molecule is O=C1OC(=O)C(=C2C3CC4CC(C3)CC2C4)C1=C(c1ccccc1)c1ccccc1. The summed E-state index contributed by atoms with van der Waals surface area (Å²) in [5.74, 6) is 1.50. The van der Waals surface area contributed by atoms with Crippen LogP contribution in [0.1, 0.15) is 43.2 Å². The van der Waals surface area contributed by atoms with Gasteiger partial charge in [0, 0.05) is 5.57 Å². The third kappa shape index (κ3) is 2.72. The van der Waals surface area contributed by atoms with E-state index in [9.17, 15) is 9.59 Å². The van der Waals surface area contributed by atoms with Gasteiger partial charge in [-0.05, 0) is 72.5 Å². The number of rotatable bonds is 2. The molecule has 30 heavy (non-hydrogen) atoms. The van der Waals surface area contributed by atoms with Gasteiger partial charge >= 0.3 is 11.9 Å². The molecule has 4 saturated carbocycles. The molecule has 3 heteroatoms. The van der Waals surface area contributed by atoms with Gasteiger partial charge in [0.05, 0.1) is 11.1 Å². The number of ether oxygens (including phenoxy) is 1. The van der Waals surface area contributed by atoms with Gasteiger partial charge in [-0.15, -0.1) is 0 Å². The average Bonchev–Trinajstić information content (AvgIpc) is 3.03. The highest BCUT2D eigenvalue weighted by Gasteiger charge is 2.50. The number of carbonyl (C=O) groups is 2. The van der Waals surface area contributed by atoms with Crippen molar-refractivity contribution in [2.24, 2.45) is 23.7 Å². The first-order valence-corrected chi connectivity index (χ1v) is 11.0. The van der Waals surface area contributed by atoms with E-state index in [0.717, 1.165) is 54.2 Å². The van der Waals surface area contributed by atoms with Crippen LogP contribution in [0.25, 0.3) is 5.57 Å². The van der Waals surface area contributed by atoms with Gasteiger partial charge in [-0.3, -0.25) is 0 Å². The molecule has 7 rings (SSSR count). The molecule has 1 heterocycles. The predicted octanol–water partition coefficient (Wildman–Crippen LogP) is 5.32. The molecule has 0 atom stereocenters. The number of esters is 2. The van der Waals surface area contributed by atoms with Gasteiger partial charge in [0.1, 0.15) is 0 Å². The van der Waals surface area contributed by atoms with Crippen molar-refractivity contribution < 1.29 is 14.3 Å². The van der Waals surface area contributed by atoms with Crippen molar-refractivity contribution >= 4 is 17.5 Å². The fraction of sp³-hybridized carbons (Fsp3) is 0.333. The smallest absolute Gasteiger partial charge is 0.347 e. The summed E-state index contributed by atoms with van der Waals surface area (Å²) in [6, 6.07) is 19.8. The lowest BCUT2D eigenvalue weighted by Crippen LogP contribution is -2.41. The van der Waals surface area contributed by atoms with Crippen LogP contribution in [0.3, 0.4) is 0 Å². The van der Waals surface area contributed by atoms with Crippen LogP contribution in [0.15, 0.2) is 77.4 Å². The summed E-state index contributed by atoms with van der Waals surface area (Å²) in [5.41, 5.74) is 4.96. The van der Waals surface area contributed by atoms with Crippen molar-refractivity contribution in [3.63, 3.8) is 0 Å². The highest BCUT2D eigenvalue weighted by atomic mass is 16.6. The molecule has 0 aromatic heterocycles. The Morgan fingerprint density at radius 2 is 1.17 bits per heavy atom. The first-order chi connectivity index (χ1) is 14.7. The van der Waals surface area contributed by atoms with Crippen LogP contribution in [-0.4, -0.2) is 11.9 Å². The van der Waals surface area contributed by atoms with Gasteiger partial charge < -0.3 is 4.74 Å². The monoisotopic (exact) mass is 396 g/mol. The minimum atomic E-state index is -0.501. The zero-order chi connectivity index (χ0) is 20.2. The fourth-order valence-electron chi connectivity index (χ4n) is 6.64. The zero-order valence-electron chi connectivity index (χ0n) is 16.8. The van der Waals surface area contributed by atoms with Crippen molar-refractivity contribution in [1.82, 2.24) is 0 Å². The zero-order valence-corrected chi connectivity index (χ0v) is 16.8. The molecule has 4 bridgehead atoms. The summed E-state index contributed by atoms with van der Waals surface area (Å²) >= 11 is 0. The fourth-order valence-corrected chi connectivity index (χ4v) is 6.64. The van der Waals surface area contributed by atoms with Gasteiger partial charge in [-0.2, -0.15) is 0 Å². The van der Waals surface area contributed by atoms with E-state index in [1.54, 1.807) is 0 Å². The van der Waals surface area contributed by atoms with Gasteiger partial charge in [-0.25, -0.2) is 9.59 Å². The molecule has 150 valence electrons. The molecule has 2 aromatic rings. The summed E-state index contributed by atoms with van der Waals surface area (Å²) in [6.45, 7) is 0. The maximum absolute atomic E-state index is 13.1. The summed E-state index contributed by atoms with van der Waals surface area (Å²) in [5, 5.41) is 0. The molecule has 0 N–H and O–H groups in total. The maximum atomic E-state index is 13.1. The Labute approximate surface area is 176 Å². The third-order valence-electron chi connectivity index (χ3n) is 7.52. The van der Waals surface area contributed by atoms with Crippen LogP contribution in [0, 0.1) is 23.7 Å². The predicted molar refractivity (Wildman–Crippen MR) is 114 cm³/mol. The Morgan fingerprint density at radius 1 is 0.667 bits per heavy atom. The molecule has 0 radical (unpaired) electrons. The van der Waals surface area contributed by atoms with Crippen molar-refractivity contribution in [3.8, 4) is 0 Å². The van der Waals surface area contributed by atoms with Crippen LogP contribution in [0.5, 0.6) is 0 Å². The van der Waals surface area contributed by atoms with E-state index >= 15 is 0 Å². The second kappa shape index (κ2) is 6.80. The molecule has 0 spiro atoms. The molecule has 0 unspecified atom stereocenters. The first-order valence-electron chi connectivity index (χ1n) is 11.0. The van der Waals surface area contributed by atoms with E-state index in [1.807, 2.05) is 60.7 Å². The molecule has 1 aliphatic heterocycles. The molecular formula is C27H24O3. The Morgan fingerprint density at radius 3 is 1.67 bits per heavy atom. The average molecular weight is 396 g/mol. The highest BCUT2D eigenvalue weighted by molar-refractivity contribution is 6.23. The van der Waals surface area contributed by atoms with Crippen molar-refractivity contribution in [3.05, 3.63) is 88.5 Å². The quantitative estimate of drug-likeness (QED) is 0.392. The van der Waals surface area contributed by atoms with Crippen LogP contribution in [0.4, 0.5) is 0 Å². The number of hydrogen-bond donors (Lipinski definition) is 0. The Kier molecular flexibility index (Phi) is 4.05. The second-order valence-corrected chi connectivity index (χ2v) is 9.29. The second-order valence-electron chi connectivity index (χ2n) is 9.29. The summed E-state index contributed by atoms with van der Waals surface area (Å²) in [7, 11) is 0. The van der Waals surface area contributed by atoms with E-state index in [-0.39, 0.29) is 0 Å². The Hall–Kier alpha value is -2.94. The van der Waals surface area contributed by atoms with E-state index in [0.29, 0.717) is 23.0 Å². The standard InChI is InChI=1S/C27H24O3/c28-26-24(22(18-7-3-1-4-8-18)19-9-5-2-6-10-19)25(27(29)30-26)23-20-12-16-11-17(14-20)15-21(23)13-16/h1-10,16-17,20-21H,11-15H2. The molecule has 2 aromatic carbocycles. The molecule has 0 amide bonds. The lowest BCUT2D eigenvalue weighted by Gasteiger charge is -2.51. The highest BCUT2D eigenvalue weighted by Crippen LogP contribution is 2.58. The summed E-state index contributed by atoms with van der Waals surface area (Å²) < 4.78 is 5.27. The van der Waals surface area contributed by atoms with Crippen molar-refractivity contribution in [1.29, 1.82) is 0 Å². The van der Waals surface area contributed by atoms with Gasteiger partial charge in [0.25, 0.3) is 0 Å². The topological polar surface area (TPSA) is 43.4 Å². The van der Waals surface area contributed by atoms with E-state index in [2.05, 4.69) is 0 Å². The molecule has 5 aliphatic rings. The summed E-state index contributed by atoms with van der Waals surface area (Å²) in [4.78, 5) is 26.1. The lowest BCUT2D eigenvalue weighted by molar-refractivity contribution is -0.149. The van der Waals surface area contributed by atoms with Gasteiger partial charge in [0.2, 0.25) is 0 Å². The van der Waals surface area contributed by atoms with Crippen LogP contribution >= 0.6 is 0 Å². The van der Waals surface area contributed by atoms with E-state index in [1.165, 1.54) is 12.0 Å². The Balaban J connectivity index is 1.63. The minimum absolute atomic E-state index is 0.428. The Bertz CT molecular complexity index is 1020. The molecule has 3 nitrogen and oxygen atoms in total. The molecule has 1 saturated heterocycles. The van der Waals surface area contributed by atoms with Crippen LogP contribution < -0.4 is 0 Å². The minimum Gasteiger partial charge on any atom is -0.386 e. The van der Waals surface area contributed by atoms with Crippen molar-refractivity contribution in [2.75, 3.05) is 0 Å². The van der Waals surface area contributed by atoms with Gasteiger partial charge in [0.15, 0.2) is 0 Å². The normalized spacial score (nSPS) is 29.5. The van der Waals surface area contributed by atoms with Gasteiger partial charge in [-0.1, -0.05) is 60.7 Å². The summed E-state index contributed by atoms with van der Waals surface area (Å²) in [6.07, 6.45) is 5.99. The van der Waals surface area contributed by atoms with Crippen molar-refractivity contribution in [2.45, 2.75) is 32.1 Å². The number of cyclic esters (lactones) is 2. The van der Waals surface area contributed by atoms with E-state index < -0.39 is 11.9 Å². The number of allylic oxidation sites excluding steroid dienone is 1. The number of benzene rings is 2. The molecule has 4 aliphatic carbocycles. The molecular weight excluding hydrogens is 372 g/mol. The maximum Gasteiger partial charge on any atom is 0.347 e. The van der Waals surface area contributed by atoms with Crippen LogP contribution in [0.2, 0.25) is 0 Å². The van der Waals surface area contributed by atoms with Crippen LogP contribution in [-0.2, 0) is 14.3 Å². The first kappa shape index (κ1) is 17.9. The lowest BCUT2D eigenvalue weighted by atomic mass is 9.53. The number of carbonyl (C=O) groups excluding carboxylic acids is 2. The number of hydrogen-bond acceptors (Lipinski definition) is 3. The largest absolute Gasteiger partial charge is 0.386 e. The third-order valence-corrected chi connectivity index (χ3v) is 7.52.